The summed E-state index contributed by atoms with van der Waals surface area (Å²) in [5, 5.41) is 4.64. The second-order valence-electron chi connectivity index (χ2n) is 6.61. The zero-order valence-electron chi connectivity index (χ0n) is 16.8. The molecule has 2 aromatic carbocycles. The molecule has 2 aromatic rings. The molecule has 0 aliphatic carbocycles. The number of ether oxygens (including phenoxy) is 2. The van der Waals surface area contributed by atoms with Gasteiger partial charge in [0.25, 0.3) is 5.91 Å². The third-order valence-corrected chi connectivity index (χ3v) is 4.05. The molecule has 29 heavy (non-hydrogen) atoms. The van der Waals surface area contributed by atoms with Crippen LogP contribution in [0.15, 0.2) is 54.6 Å². The molecule has 0 saturated carbocycles. The smallest absolute Gasteiger partial charge is 0.345 e. The molecule has 0 bridgehead atoms. The number of hydrogen-bond acceptors (Lipinski definition) is 5. The molecule has 0 aliphatic heterocycles. The van der Waals surface area contributed by atoms with Crippen molar-refractivity contribution in [3.8, 4) is 5.75 Å². The molecule has 0 fully saturated rings. The van der Waals surface area contributed by atoms with Crippen molar-refractivity contribution < 1.29 is 23.9 Å². The van der Waals surface area contributed by atoms with E-state index in [-0.39, 0.29) is 12.5 Å². The minimum Gasteiger partial charge on any atom is -0.482 e. The third-order valence-electron chi connectivity index (χ3n) is 4.05. The van der Waals surface area contributed by atoms with Gasteiger partial charge in [-0.05, 0) is 24.5 Å². The van der Waals surface area contributed by atoms with Crippen LogP contribution in [-0.4, -0.2) is 31.1 Å². The minimum absolute atomic E-state index is 0.224. The highest BCUT2D eigenvalue weighted by Crippen LogP contribution is 2.26. The van der Waals surface area contributed by atoms with Crippen LogP contribution < -0.4 is 15.4 Å². The normalized spacial score (nSPS) is 11.4. The molecule has 0 aliphatic rings. The number of urea groups is 1. The largest absolute Gasteiger partial charge is 0.482 e. The average molecular weight is 398 g/mol. The van der Waals surface area contributed by atoms with Crippen molar-refractivity contribution in [1.29, 1.82) is 0 Å². The van der Waals surface area contributed by atoms with Gasteiger partial charge in [-0.15, -0.1) is 0 Å². The lowest BCUT2D eigenvalue weighted by Crippen LogP contribution is -2.42. The van der Waals surface area contributed by atoms with Gasteiger partial charge >= 0.3 is 12.0 Å². The van der Waals surface area contributed by atoms with Gasteiger partial charge in [0.15, 0.2) is 6.61 Å². The van der Waals surface area contributed by atoms with Gasteiger partial charge in [-0.25, -0.2) is 9.59 Å². The number of benzene rings is 2. The fourth-order valence-electron chi connectivity index (χ4n) is 2.67. The lowest BCUT2D eigenvalue weighted by Gasteiger charge is -2.18. The van der Waals surface area contributed by atoms with Crippen LogP contribution in [0.5, 0.6) is 5.75 Å². The van der Waals surface area contributed by atoms with E-state index < -0.39 is 24.0 Å². The van der Waals surface area contributed by atoms with Crippen LogP contribution in [0.25, 0.3) is 0 Å². The van der Waals surface area contributed by atoms with E-state index in [1.165, 1.54) is 0 Å². The molecular weight excluding hydrogens is 372 g/mol. The van der Waals surface area contributed by atoms with Crippen LogP contribution in [0, 0.1) is 0 Å². The highest BCUT2D eigenvalue weighted by molar-refractivity contribution is 5.97. The Morgan fingerprint density at radius 1 is 0.966 bits per heavy atom. The molecule has 1 atom stereocenters. The second kappa shape index (κ2) is 10.8. The SMILES string of the molecule is CCNC(=O)NC(=O)[C@@H](OC(=O)COc1ccccc1C(C)C)c1ccccc1. The Bertz CT molecular complexity index is 836. The molecule has 0 saturated heterocycles. The third kappa shape index (κ3) is 6.64. The van der Waals surface area contributed by atoms with Gasteiger partial charge in [0, 0.05) is 12.1 Å². The molecule has 0 aromatic heterocycles. The van der Waals surface area contributed by atoms with Gasteiger partial charge in [0.2, 0.25) is 6.10 Å². The Hall–Kier alpha value is -3.35. The first-order valence-corrected chi connectivity index (χ1v) is 9.47. The van der Waals surface area contributed by atoms with Crippen LogP contribution in [0.3, 0.4) is 0 Å². The van der Waals surface area contributed by atoms with Crippen molar-refractivity contribution in [3.63, 3.8) is 0 Å². The van der Waals surface area contributed by atoms with E-state index in [9.17, 15) is 14.4 Å². The molecular formula is C22H26N2O5. The van der Waals surface area contributed by atoms with Crippen molar-refractivity contribution in [1.82, 2.24) is 10.6 Å². The Morgan fingerprint density at radius 3 is 2.28 bits per heavy atom. The molecule has 2 rings (SSSR count). The molecule has 7 heteroatoms. The van der Waals surface area contributed by atoms with Crippen LogP contribution in [0.2, 0.25) is 0 Å². The summed E-state index contributed by atoms with van der Waals surface area (Å²) < 4.78 is 11.0. The van der Waals surface area contributed by atoms with Crippen LogP contribution >= 0.6 is 0 Å². The number of carbonyl (C=O) groups is 3. The van der Waals surface area contributed by atoms with Crippen molar-refractivity contribution in [2.24, 2.45) is 0 Å². The summed E-state index contributed by atoms with van der Waals surface area (Å²) in [7, 11) is 0. The topological polar surface area (TPSA) is 93.7 Å². The Kier molecular flexibility index (Phi) is 8.21. The summed E-state index contributed by atoms with van der Waals surface area (Å²) in [6.45, 7) is 5.78. The monoisotopic (exact) mass is 398 g/mol. The van der Waals surface area contributed by atoms with E-state index in [0.717, 1.165) is 5.56 Å². The highest BCUT2D eigenvalue weighted by Gasteiger charge is 2.26. The molecule has 0 spiro atoms. The van der Waals surface area contributed by atoms with Gasteiger partial charge in [-0.3, -0.25) is 10.1 Å². The summed E-state index contributed by atoms with van der Waals surface area (Å²) in [5.74, 6) is -0.647. The summed E-state index contributed by atoms with van der Waals surface area (Å²) in [5.41, 5.74) is 1.42. The molecule has 7 nitrogen and oxygen atoms in total. The minimum atomic E-state index is -1.27. The summed E-state index contributed by atoms with van der Waals surface area (Å²) in [6, 6.07) is 15.3. The Balaban J connectivity index is 2.07. The predicted molar refractivity (Wildman–Crippen MR) is 109 cm³/mol. The van der Waals surface area contributed by atoms with Gasteiger partial charge in [-0.1, -0.05) is 62.4 Å². The number of carbonyl (C=O) groups excluding carboxylic acids is 3. The maximum absolute atomic E-state index is 12.5. The van der Waals surface area contributed by atoms with Gasteiger partial charge in [-0.2, -0.15) is 0 Å². The molecule has 3 amide bonds. The Morgan fingerprint density at radius 2 is 1.62 bits per heavy atom. The second-order valence-corrected chi connectivity index (χ2v) is 6.61. The van der Waals surface area contributed by atoms with E-state index in [4.69, 9.17) is 9.47 Å². The molecule has 0 unspecified atom stereocenters. The summed E-state index contributed by atoms with van der Waals surface area (Å²) in [6.07, 6.45) is -1.27. The number of imide groups is 1. The first-order chi connectivity index (χ1) is 13.9. The first-order valence-electron chi connectivity index (χ1n) is 9.47. The maximum Gasteiger partial charge on any atom is 0.345 e. The van der Waals surface area contributed by atoms with E-state index in [1.54, 1.807) is 43.3 Å². The van der Waals surface area contributed by atoms with Crippen molar-refractivity contribution in [2.75, 3.05) is 13.2 Å². The predicted octanol–water partition coefficient (Wildman–Crippen LogP) is 3.32. The number of esters is 1. The lowest BCUT2D eigenvalue weighted by molar-refractivity contribution is -0.158. The Labute approximate surface area is 170 Å². The van der Waals surface area contributed by atoms with Crippen molar-refractivity contribution in [3.05, 3.63) is 65.7 Å². The number of nitrogens with one attached hydrogen (secondary N) is 2. The molecule has 0 radical (unpaired) electrons. The standard InChI is InChI=1S/C22H26N2O5/c1-4-23-22(27)24-21(26)20(16-10-6-5-7-11-16)29-19(25)14-28-18-13-9-8-12-17(18)15(2)3/h5-13,15,20H,4,14H2,1-3H3,(H2,23,24,26,27)/t20-/m0/s1. The van der Waals surface area contributed by atoms with Gasteiger partial charge < -0.3 is 14.8 Å². The zero-order chi connectivity index (χ0) is 21.2. The lowest BCUT2D eigenvalue weighted by atomic mass is 10.0. The van der Waals surface area contributed by atoms with Crippen LogP contribution in [-0.2, 0) is 14.3 Å². The van der Waals surface area contributed by atoms with E-state index in [0.29, 0.717) is 17.9 Å². The molecule has 154 valence electrons. The van der Waals surface area contributed by atoms with E-state index in [2.05, 4.69) is 10.6 Å². The van der Waals surface area contributed by atoms with Crippen LogP contribution in [0.1, 0.15) is 43.9 Å². The van der Waals surface area contributed by atoms with Crippen LogP contribution in [0.4, 0.5) is 4.79 Å². The number of hydrogen-bond donors (Lipinski definition) is 2. The van der Waals surface area contributed by atoms with Crippen molar-refractivity contribution >= 4 is 17.9 Å². The fraction of sp³-hybridized carbons (Fsp3) is 0.318. The van der Waals surface area contributed by atoms with Crippen molar-refractivity contribution in [2.45, 2.75) is 32.8 Å². The summed E-state index contributed by atoms with van der Waals surface area (Å²) >= 11 is 0. The molecule has 2 N–H and O–H groups in total. The van der Waals surface area contributed by atoms with E-state index in [1.807, 2.05) is 32.0 Å². The summed E-state index contributed by atoms with van der Waals surface area (Å²) in [4.78, 5) is 36.5. The quantitative estimate of drug-likeness (QED) is 0.666. The highest BCUT2D eigenvalue weighted by atomic mass is 16.6. The number of amides is 3. The van der Waals surface area contributed by atoms with Gasteiger partial charge in [0.05, 0.1) is 0 Å². The van der Waals surface area contributed by atoms with E-state index >= 15 is 0 Å². The van der Waals surface area contributed by atoms with Gasteiger partial charge in [0.1, 0.15) is 5.75 Å². The first kappa shape index (κ1) is 21.9. The molecule has 0 heterocycles. The maximum atomic E-state index is 12.5. The fourth-order valence-corrected chi connectivity index (χ4v) is 2.67. The average Bonchev–Trinajstić information content (AvgIpc) is 2.71. The number of para-hydroxylation sites is 1. The number of rotatable bonds is 8. The zero-order valence-corrected chi connectivity index (χ0v) is 16.8.